The maximum Gasteiger partial charge on any atom is 0.271 e. The second-order valence-corrected chi connectivity index (χ2v) is 6.15. The molecular formula is C21H22N4O3. The van der Waals surface area contributed by atoms with Gasteiger partial charge in [0.25, 0.3) is 5.91 Å². The number of carbonyl (C=O) groups excluding carboxylic acids is 1. The Balaban J connectivity index is 1.60. The van der Waals surface area contributed by atoms with E-state index >= 15 is 0 Å². The van der Waals surface area contributed by atoms with Gasteiger partial charge in [-0.15, -0.1) is 0 Å². The Kier molecular flexibility index (Phi) is 6.06. The van der Waals surface area contributed by atoms with E-state index in [4.69, 9.17) is 9.47 Å². The Bertz CT molecular complexity index is 958. The molecule has 0 fully saturated rings. The molecule has 0 saturated carbocycles. The van der Waals surface area contributed by atoms with Crippen molar-refractivity contribution < 1.29 is 14.3 Å². The summed E-state index contributed by atoms with van der Waals surface area (Å²) in [4.78, 5) is 20.8. The van der Waals surface area contributed by atoms with Gasteiger partial charge in [-0.3, -0.25) is 4.79 Å². The van der Waals surface area contributed by atoms with Crippen molar-refractivity contribution in [2.45, 2.75) is 13.5 Å². The number of aromatic nitrogens is 2. The SMILES string of the molecule is COc1ccc(CNC(=O)c2cnc(Nc3cccc(C)c3)cn2)cc1OC. The summed E-state index contributed by atoms with van der Waals surface area (Å²) in [5.74, 6) is 1.52. The average Bonchev–Trinajstić information content (AvgIpc) is 2.72. The topological polar surface area (TPSA) is 85.4 Å². The molecule has 0 aliphatic carbocycles. The van der Waals surface area contributed by atoms with Crippen LogP contribution in [0.15, 0.2) is 54.9 Å². The van der Waals surface area contributed by atoms with Crippen LogP contribution in [-0.2, 0) is 6.54 Å². The number of anilines is 2. The third kappa shape index (κ3) is 4.76. The molecular weight excluding hydrogens is 356 g/mol. The van der Waals surface area contributed by atoms with Crippen molar-refractivity contribution in [1.29, 1.82) is 0 Å². The normalized spacial score (nSPS) is 10.2. The number of carbonyl (C=O) groups is 1. The Morgan fingerprint density at radius 2 is 1.82 bits per heavy atom. The lowest BCUT2D eigenvalue weighted by Crippen LogP contribution is -2.24. The van der Waals surface area contributed by atoms with E-state index in [0.29, 0.717) is 23.9 Å². The molecule has 0 aliphatic rings. The van der Waals surface area contributed by atoms with Gasteiger partial charge in [0.15, 0.2) is 11.5 Å². The molecule has 2 N–H and O–H groups in total. The van der Waals surface area contributed by atoms with E-state index in [1.807, 2.05) is 43.3 Å². The number of aryl methyl sites for hydroxylation is 1. The van der Waals surface area contributed by atoms with Gasteiger partial charge >= 0.3 is 0 Å². The molecule has 2 aromatic carbocycles. The third-order valence-electron chi connectivity index (χ3n) is 4.08. The molecule has 1 heterocycles. The maximum atomic E-state index is 12.3. The van der Waals surface area contributed by atoms with Crippen LogP contribution in [0.5, 0.6) is 11.5 Å². The fourth-order valence-corrected chi connectivity index (χ4v) is 2.64. The molecule has 0 spiro atoms. The monoisotopic (exact) mass is 378 g/mol. The first-order valence-corrected chi connectivity index (χ1v) is 8.74. The first kappa shape index (κ1) is 19.2. The number of hydrogen-bond acceptors (Lipinski definition) is 6. The lowest BCUT2D eigenvalue weighted by atomic mass is 10.2. The zero-order chi connectivity index (χ0) is 19.9. The van der Waals surface area contributed by atoms with Crippen LogP contribution in [0.3, 0.4) is 0 Å². The fourth-order valence-electron chi connectivity index (χ4n) is 2.64. The van der Waals surface area contributed by atoms with Crippen molar-refractivity contribution in [3.05, 3.63) is 71.7 Å². The van der Waals surface area contributed by atoms with Gasteiger partial charge in [0, 0.05) is 12.2 Å². The molecule has 3 aromatic rings. The van der Waals surface area contributed by atoms with Gasteiger partial charge in [0.05, 0.1) is 26.6 Å². The van der Waals surface area contributed by atoms with Gasteiger partial charge in [0.2, 0.25) is 0 Å². The highest BCUT2D eigenvalue weighted by atomic mass is 16.5. The summed E-state index contributed by atoms with van der Waals surface area (Å²) in [5.41, 5.74) is 3.19. The summed E-state index contributed by atoms with van der Waals surface area (Å²) in [5, 5.41) is 5.98. The smallest absolute Gasteiger partial charge is 0.271 e. The number of ether oxygens (including phenoxy) is 2. The number of benzene rings is 2. The molecule has 0 unspecified atom stereocenters. The second kappa shape index (κ2) is 8.85. The molecule has 1 aromatic heterocycles. The Labute approximate surface area is 163 Å². The number of rotatable bonds is 7. The highest BCUT2D eigenvalue weighted by Crippen LogP contribution is 2.27. The fraction of sp³-hybridized carbons (Fsp3) is 0.190. The van der Waals surface area contributed by atoms with Crippen molar-refractivity contribution in [2.24, 2.45) is 0 Å². The third-order valence-corrected chi connectivity index (χ3v) is 4.08. The minimum Gasteiger partial charge on any atom is -0.493 e. The molecule has 7 nitrogen and oxygen atoms in total. The molecule has 0 saturated heterocycles. The van der Waals surface area contributed by atoms with Crippen molar-refractivity contribution in [1.82, 2.24) is 15.3 Å². The van der Waals surface area contributed by atoms with E-state index in [0.717, 1.165) is 16.8 Å². The van der Waals surface area contributed by atoms with Crippen LogP contribution in [-0.4, -0.2) is 30.1 Å². The standard InChI is InChI=1S/C21H22N4O3/c1-14-5-4-6-16(9-14)25-20-13-22-17(12-23-20)21(26)24-11-15-7-8-18(27-2)19(10-15)28-3/h4-10,12-13H,11H2,1-3H3,(H,23,25)(H,24,26). The zero-order valence-electron chi connectivity index (χ0n) is 16.0. The number of methoxy groups -OCH3 is 2. The highest BCUT2D eigenvalue weighted by molar-refractivity contribution is 5.92. The number of nitrogens with zero attached hydrogens (tertiary/aromatic N) is 2. The number of nitrogens with one attached hydrogen (secondary N) is 2. The van der Waals surface area contributed by atoms with Gasteiger partial charge in [0.1, 0.15) is 11.5 Å². The lowest BCUT2D eigenvalue weighted by molar-refractivity contribution is 0.0945. The summed E-state index contributed by atoms with van der Waals surface area (Å²) in [6.45, 7) is 2.35. The first-order valence-electron chi connectivity index (χ1n) is 8.74. The van der Waals surface area contributed by atoms with Crippen molar-refractivity contribution >= 4 is 17.4 Å². The van der Waals surface area contributed by atoms with E-state index in [2.05, 4.69) is 20.6 Å². The predicted molar refractivity (Wildman–Crippen MR) is 107 cm³/mol. The van der Waals surface area contributed by atoms with Crippen molar-refractivity contribution in [3.63, 3.8) is 0 Å². The van der Waals surface area contributed by atoms with E-state index in [1.54, 1.807) is 20.3 Å². The predicted octanol–water partition coefficient (Wildman–Crippen LogP) is 3.48. The van der Waals surface area contributed by atoms with Crippen LogP contribution in [0.2, 0.25) is 0 Å². The summed E-state index contributed by atoms with van der Waals surface area (Å²) in [6, 6.07) is 13.4. The Hall–Kier alpha value is -3.61. The summed E-state index contributed by atoms with van der Waals surface area (Å²) < 4.78 is 10.5. The van der Waals surface area contributed by atoms with Crippen LogP contribution in [0.4, 0.5) is 11.5 Å². The van der Waals surface area contributed by atoms with E-state index < -0.39 is 0 Å². The summed E-state index contributed by atoms with van der Waals surface area (Å²) in [7, 11) is 3.15. The van der Waals surface area contributed by atoms with Crippen LogP contribution in [0.1, 0.15) is 21.6 Å². The Morgan fingerprint density at radius 1 is 1.00 bits per heavy atom. The van der Waals surface area contributed by atoms with Crippen LogP contribution >= 0.6 is 0 Å². The maximum absolute atomic E-state index is 12.3. The minimum absolute atomic E-state index is 0.246. The van der Waals surface area contributed by atoms with Gasteiger partial charge in [-0.1, -0.05) is 18.2 Å². The molecule has 0 radical (unpaired) electrons. The molecule has 0 bridgehead atoms. The van der Waals surface area contributed by atoms with E-state index in [-0.39, 0.29) is 11.6 Å². The molecule has 3 rings (SSSR count). The zero-order valence-corrected chi connectivity index (χ0v) is 16.0. The number of amides is 1. The van der Waals surface area contributed by atoms with Crippen LogP contribution < -0.4 is 20.1 Å². The average molecular weight is 378 g/mol. The van der Waals surface area contributed by atoms with E-state index in [1.165, 1.54) is 12.4 Å². The van der Waals surface area contributed by atoms with Gasteiger partial charge < -0.3 is 20.1 Å². The quantitative estimate of drug-likeness (QED) is 0.655. The molecule has 144 valence electrons. The second-order valence-electron chi connectivity index (χ2n) is 6.15. The highest BCUT2D eigenvalue weighted by Gasteiger charge is 2.10. The molecule has 1 amide bonds. The minimum atomic E-state index is -0.301. The van der Waals surface area contributed by atoms with Gasteiger partial charge in [-0.25, -0.2) is 9.97 Å². The molecule has 0 aliphatic heterocycles. The van der Waals surface area contributed by atoms with E-state index in [9.17, 15) is 4.79 Å². The largest absolute Gasteiger partial charge is 0.493 e. The van der Waals surface area contributed by atoms with Crippen LogP contribution in [0.25, 0.3) is 0 Å². The van der Waals surface area contributed by atoms with Crippen molar-refractivity contribution in [3.8, 4) is 11.5 Å². The first-order chi connectivity index (χ1) is 13.6. The lowest BCUT2D eigenvalue weighted by Gasteiger charge is -2.10. The summed E-state index contributed by atoms with van der Waals surface area (Å²) in [6.07, 6.45) is 2.98. The molecule has 0 atom stereocenters. The molecule has 28 heavy (non-hydrogen) atoms. The van der Waals surface area contributed by atoms with Gasteiger partial charge in [-0.05, 0) is 42.3 Å². The number of hydrogen-bond donors (Lipinski definition) is 2. The summed E-state index contributed by atoms with van der Waals surface area (Å²) >= 11 is 0. The van der Waals surface area contributed by atoms with Crippen molar-refractivity contribution in [2.75, 3.05) is 19.5 Å². The van der Waals surface area contributed by atoms with Gasteiger partial charge in [-0.2, -0.15) is 0 Å². The molecule has 7 heteroatoms. The van der Waals surface area contributed by atoms with Crippen LogP contribution in [0, 0.1) is 6.92 Å². The Morgan fingerprint density at radius 3 is 2.50 bits per heavy atom.